The van der Waals surface area contributed by atoms with Crippen molar-refractivity contribution < 1.29 is 14.3 Å². The summed E-state index contributed by atoms with van der Waals surface area (Å²) >= 11 is 1.50. The number of amidine groups is 1. The summed E-state index contributed by atoms with van der Waals surface area (Å²) in [5.74, 6) is 0.0913. The molecule has 1 aromatic rings. The largest absolute Gasteiger partial charge is 0.445 e. The molecule has 0 fully saturated rings. The van der Waals surface area contributed by atoms with Gasteiger partial charge in [0.05, 0.1) is 12.1 Å². The first-order valence-corrected chi connectivity index (χ1v) is 7.37. The second kappa shape index (κ2) is 4.94. The number of hydrogen-bond donors (Lipinski definition) is 1. The zero-order chi connectivity index (χ0) is 14.2. The van der Waals surface area contributed by atoms with Crippen molar-refractivity contribution in [3.8, 4) is 0 Å². The highest BCUT2D eigenvalue weighted by molar-refractivity contribution is 8.14. The van der Waals surface area contributed by atoms with E-state index in [-0.39, 0.29) is 5.91 Å². The van der Waals surface area contributed by atoms with Gasteiger partial charge in [0.1, 0.15) is 0 Å². The van der Waals surface area contributed by atoms with E-state index in [0.29, 0.717) is 23.7 Å². The Morgan fingerprint density at radius 3 is 3.00 bits per heavy atom. The van der Waals surface area contributed by atoms with Crippen LogP contribution >= 0.6 is 11.8 Å². The molecule has 2 aliphatic rings. The first-order chi connectivity index (χ1) is 9.58. The van der Waals surface area contributed by atoms with Crippen LogP contribution in [0.4, 0.5) is 0 Å². The molecule has 104 valence electrons. The fourth-order valence-corrected chi connectivity index (χ4v) is 3.02. The van der Waals surface area contributed by atoms with E-state index < -0.39 is 11.6 Å². The molecule has 0 aliphatic carbocycles. The van der Waals surface area contributed by atoms with Gasteiger partial charge in [0.25, 0.3) is 5.91 Å². The number of carbonyl (C=O) groups excluding carboxylic acids is 2. The van der Waals surface area contributed by atoms with E-state index in [2.05, 4.69) is 10.3 Å². The number of amides is 1. The first-order valence-electron chi connectivity index (χ1n) is 6.38. The van der Waals surface area contributed by atoms with Crippen molar-refractivity contribution in [3.05, 3.63) is 35.4 Å². The fraction of sp³-hybridized carbons (Fsp3) is 0.357. The summed E-state index contributed by atoms with van der Waals surface area (Å²) in [6.45, 7) is 2.34. The van der Waals surface area contributed by atoms with Gasteiger partial charge in [-0.25, -0.2) is 4.79 Å². The number of hydrogen-bond acceptors (Lipinski definition) is 5. The highest BCUT2D eigenvalue weighted by Gasteiger charge is 2.43. The van der Waals surface area contributed by atoms with E-state index in [9.17, 15) is 9.59 Å². The van der Waals surface area contributed by atoms with Crippen LogP contribution in [0.3, 0.4) is 0 Å². The molecule has 2 aliphatic heterocycles. The van der Waals surface area contributed by atoms with Crippen LogP contribution in [0.25, 0.3) is 0 Å². The number of nitrogens with one attached hydrogen (secondary N) is 1. The maximum atomic E-state index is 12.3. The summed E-state index contributed by atoms with van der Waals surface area (Å²) in [6, 6.07) is 7.20. The van der Waals surface area contributed by atoms with E-state index in [1.807, 2.05) is 12.1 Å². The summed E-state index contributed by atoms with van der Waals surface area (Å²) in [5.41, 5.74) is 0.185. The Morgan fingerprint density at radius 2 is 2.25 bits per heavy atom. The molecule has 2 heterocycles. The topological polar surface area (TPSA) is 67.8 Å². The molecule has 1 aromatic carbocycles. The van der Waals surface area contributed by atoms with Gasteiger partial charge in [0.2, 0.25) is 0 Å². The Bertz CT molecular complexity index is 614. The number of aliphatic imine (C=N–C) groups is 1. The van der Waals surface area contributed by atoms with Gasteiger partial charge in [-0.1, -0.05) is 30.0 Å². The number of cyclic esters (lactones) is 1. The maximum Gasteiger partial charge on any atom is 0.339 e. The summed E-state index contributed by atoms with van der Waals surface area (Å²) in [6.07, 6.45) is 0.374. The number of esters is 1. The molecule has 6 heteroatoms. The standard InChI is InChI=1S/C14H14N2O3S/c1-14(12(18)16-13-15-6-7-20-13)8-9-4-2-3-5-10(9)11(17)19-14/h2-5H,6-8H2,1H3,(H,15,16,18)/t14-/m1/s1. The van der Waals surface area contributed by atoms with Gasteiger partial charge in [-0.15, -0.1) is 0 Å². The molecule has 0 unspecified atom stereocenters. The lowest BCUT2D eigenvalue weighted by atomic mass is 9.89. The molecule has 0 bridgehead atoms. The van der Waals surface area contributed by atoms with Crippen LogP contribution in [0.1, 0.15) is 22.8 Å². The predicted octanol–water partition coefficient (Wildman–Crippen LogP) is 1.38. The zero-order valence-corrected chi connectivity index (χ0v) is 11.8. The van der Waals surface area contributed by atoms with Crippen molar-refractivity contribution in [3.63, 3.8) is 0 Å². The monoisotopic (exact) mass is 290 g/mol. The quantitative estimate of drug-likeness (QED) is 0.793. The smallest absolute Gasteiger partial charge is 0.339 e. The normalized spacial score (nSPS) is 24.6. The van der Waals surface area contributed by atoms with Gasteiger partial charge in [-0.3, -0.25) is 9.79 Å². The summed E-state index contributed by atoms with van der Waals surface area (Å²) in [7, 11) is 0. The van der Waals surface area contributed by atoms with Gasteiger partial charge in [-0.05, 0) is 18.6 Å². The van der Waals surface area contributed by atoms with E-state index in [1.54, 1.807) is 19.1 Å². The van der Waals surface area contributed by atoms with Gasteiger partial charge in [0, 0.05) is 12.2 Å². The van der Waals surface area contributed by atoms with Crippen LogP contribution in [-0.4, -0.2) is 34.9 Å². The van der Waals surface area contributed by atoms with Gasteiger partial charge >= 0.3 is 5.97 Å². The molecular formula is C14H14N2O3S. The number of fused-ring (bicyclic) bond motifs is 1. The minimum atomic E-state index is -1.18. The van der Waals surface area contributed by atoms with E-state index in [4.69, 9.17) is 4.74 Å². The first kappa shape index (κ1) is 13.2. The third-order valence-electron chi connectivity index (χ3n) is 3.37. The predicted molar refractivity (Wildman–Crippen MR) is 76.9 cm³/mol. The van der Waals surface area contributed by atoms with Crippen LogP contribution in [-0.2, 0) is 16.0 Å². The number of benzene rings is 1. The number of rotatable bonds is 1. The molecule has 1 amide bonds. The molecular weight excluding hydrogens is 276 g/mol. The molecule has 1 atom stereocenters. The lowest BCUT2D eigenvalue weighted by molar-refractivity contribution is -0.138. The van der Waals surface area contributed by atoms with Crippen molar-refractivity contribution in [2.75, 3.05) is 12.3 Å². The highest BCUT2D eigenvalue weighted by Crippen LogP contribution is 2.28. The second-order valence-electron chi connectivity index (χ2n) is 4.94. The molecule has 0 radical (unpaired) electrons. The molecule has 5 nitrogen and oxygen atoms in total. The Balaban J connectivity index is 1.83. The van der Waals surface area contributed by atoms with Crippen molar-refractivity contribution in [2.45, 2.75) is 18.9 Å². The minimum absolute atomic E-state index is 0.325. The zero-order valence-electron chi connectivity index (χ0n) is 11.0. The van der Waals surface area contributed by atoms with Gasteiger partial charge in [0.15, 0.2) is 10.8 Å². The van der Waals surface area contributed by atoms with Crippen LogP contribution in [0, 0.1) is 0 Å². The van der Waals surface area contributed by atoms with E-state index >= 15 is 0 Å². The van der Waals surface area contributed by atoms with Crippen molar-refractivity contribution >= 4 is 28.8 Å². The molecule has 3 rings (SSSR count). The Morgan fingerprint density at radius 1 is 1.45 bits per heavy atom. The lowest BCUT2D eigenvalue weighted by Gasteiger charge is -2.32. The Labute approximate surface area is 120 Å². The third kappa shape index (κ3) is 2.31. The molecule has 0 aromatic heterocycles. The van der Waals surface area contributed by atoms with E-state index in [1.165, 1.54) is 11.8 Å². The van der Waals surface area contributed by atoms with Crippen molar-refractivity contribution in [1.82, 2.24) is 5.32 Å². The molecule has 20 heavy (non-hydrogen) atoms. The summed E-state index contributed by atoms with van der Waals surface area (Å²) in [4.78, 5) is 28.5. The maximum absolute atomic E-state index is 12.3. The number of carbonyl (C=O) groups is 2. The molecule has 0 saturated heterocycles. The second-order valence-corrected chi connectivity index (χ2v) is 6.03. The van der Waals surface area contributed by atoms with Crippen molar-refractivity contribution in [2.24, 2.45) is 4.99 Å². The van der Waals surface area contributed by atoms with Crippen LogP contribution in [0.2, 0.25) is 0 Å². The van der Waals surface area contributed by atoms with Crippen LogP contribution < -0.4 is 5.32 Å². The van der Waals surface area contributed by atoms with Crippen molar-refractivity contribution in [1.29, 1.82) is 0 Å². The van der Waals surface area contributed by atoms with Crippen LogP contribution in [0.15, 0.2) is 29.3 Å². The Hall–Kier alpha value is -1.82. The molecule has 0 saturated carbocycles. The Kier molecular flexibility index (Phi) is 3.25. The SMILES string of the molecule is C[C@]1(C(=O)NC2=NCCS2)Cc2ccccc2C(=O)O1. The van der Waals surface area contributed by atoms with Gasteiger partial charge in [-0.2, -0.15) is 0 Å². The minimum Gasteiger partial charge on any atom is -0.445 e. The number of ether oxygens (including phenoxy) is 1. The van der Waals surface area contributed by atoms with Crippen LogP contribution in [0.5, 0.6) is 0 Å². The highest BCUT2D eigenvalue weighted by atomic mass is 32.2. The van der Waals surface area contributed by atoms with Gasteiger partial charge < -0.3 is 10.1 Å². The number of thioether (sulfide) groups is 1. The molecule has 0 spiro atoms. The molecule has 1 N–H and O–H groups in total. The average Bonchev–Trinajstić information content (AvgIpc) is 2.91. The number of nitrogens with zero attached hydrogens (tertiary/aromatic N) is 1. The van der Waals surface area contributed by atoms with E-state index in [0.717, 1.165) is 11.3 Å². The summed E-state index contributed by atoms with van der Waals surface area (Å²) in [5, 5.41) is 3.34. The fourth-order valence-electron chi connectivity index (χ4n) is 2.30. The third-order valence-corrected chi connectivity index (χ3v) is 4.26. The lowest BCUT2D eigenvalue weighted by Crippen LogP contribution is -2.52. The average molecular weight is 290 g/mol. The summed E-state index contributed by atoms with van der Waals surface area (Å²) < 4.78 is 5.36.